The van der Waals surface area contributed by atoms with E-state index in [9.17, 15) is 14.9 Å². The molecule has 0 radical (unpaired) electrons. The first-order valence-corrected chi connectivity index (χ1v) is 7.99. The minimum absolute atomic E-state index is 0.0324. The number of para-hydroxylation sites is 2. The molecule has 7 nitrogen and oxygen atoms in total. The highest BCUT2D eigenvalue weighted by molar-refractivity contribution is 5.93. The Morgan fingerprint density at radius 2 is 1.84 bits per heavy atom. The van der Waals surface area contributed by atoms with E-state index in [1.165, 1.54) is 24.3 Å². The molecule has 1 N–H and O–H groups in total. The first-order chi connectivity index (χ1) is 12.1. The molecule has 25 heavy (non-hydrogen) atoms. The molecule has 0 bridgehead atoms. The molecule has 0 fully saturated rings. The van der Waals surface area contributed by atoms with E-state index in [1.54, 1.807) is 18.2 Å². The Hall–Kier alpha value is -3.09. The highest BCUT2D eigenvalue weighted by Gasteiger charge is 2.09. The van der Waals surface area contributed by atoms with Crippen molar-refractivity contribution in [2.24, 2.45) is 0 Å². The van der Waals surface area contributed by atoms with Gasteiger partial charge in [0.2, 0.25) is 0 Å². The quantitative estimate of drug-likeness (QED) is 0.424. The second kappa shape index (κ2) is 9.27. The van der Waals surface area contributed by atoms with Crippen LogP contribution in [0.2, 0.25) is 0 Å². The number of amides is 1. The van der Waals surface area contributed by atoms with Gasteiger partial charge in [-0.1, -0.05) is 25.5 Å². The Bertz CT molecular complexity index is 716. The summed E-state index contributed by atoms with van der Waals surface area (Å²) >= 11 is 0. The molecule has 0 saturated carbocycles. The summed E-state index contributed by atoms with van der Waals surface area (Å²) in [5.41, 5.74) is 0.547. The van der Waals surface area contributed by atoms with Gasteiger partial charge < -0.3 is 14.8 Å². The van der Waals surface area contributed by atoms with Crippen LogP contribution in [-0.4, -0.2) is 24.0 Å². The number of non-ortho nitro benzene ring substituents is 1. The standard InChI is InChI=1S/C18H20N2O5/c1-2-3-12-24-17-7-5-4-6-16(17)19-18(21)13-25-15-10-8-14(9-11-15)20(22)23/h4-11H,2-3,12-13H2,1H3,(H,19,21). The average molecular weight is 344 g/mol. The van der Waals surface area contributed by atoms with Gasteiger partial charge in [0.25, 0.3) is 11.6 Å². The van der Waals surface area contributed by atoms with Gasteiger partial charge in [-0.2, -0.15) is 0 Å². The zero-order chi connectivity index (χ0) is 18.1. The second-order valence-electron chi connectivity index (χ2n) is 5.29. The number of anilines is 1. The van der Waals surface area contributed by atoms with E-state index < -0.39 is 4.92 Å². The molecule has 0 aliphatic carbocycles. The van der Waals surface area contributed by atoms with E-state index in [2.05, 4.69) is 12.2 Å². The molecule has 0 aliphatic rings. The van der Waals surface area contributed by atoms with Crippen molar-refractivity contribution in [1.82, 2.24) is 0 Å². The molecule has 0 atom stereocenters. The third-order valence-corrected chi connectivity index (χ3v) is 3.33. The third kappa shape index (κ3) is 5.80. The number of benzene rings is 2. The monoisotopic (exact) mass is 344 g/mol. The molecular weight excluding hydrogens is 324 g/mol. The Morgan fingerprint density at radius 3 is 2.52 bits per heavy atom. The van der Waals surface area contributed by atoms with Crippen molar-refractivity contribution in [2.45, 2.75) is 19.8 Å². The normalized spacial score (nSPS) is 10.1. The summed E-state index contributed by atoms with van der Waals surface area (Å²) in [4.78, 5) is 22.1. The van der Waals surface area contributed by atoms with Gasteiger partial charge in [-0.3, -0.25) is 14.9 Å². The van der Waals surface area contributed by atoms with Gasteiger partial charge in [-0.05, 0) is 30.7 Å². The van der Waals surface area contributed by atoms with Crippen LogP contribution in [0.4, 0.5) is 11.4 Å². The van der Waals surface area contributed by atoms with Crippen molar-refractivity contribution >= 4 is 17.3 Å². The van der Waals surface area contributed by atoms with Crippen LogP contribution in [0.3, 0.4) is 0 Å². The highest BCUT2D eigenvalue weighted by atomic mass is 16.6. The van der Waals surface area contributed by atoms with Crippen molar-refractivity contribution in [2.75, 3.05) is 18.5 Å². The van der Waals surface area contributed by atoms with Crippen LogP contribution in [-0.2, 0) is 4.79 Å². The predicted octanol–water partition coefficient (Wildman–Crippen LogP) is 3.79. The minimum Gasteiger partial charge on any atom is -0.491 e. The number of nitrogens with one attached hydrogen (secondary N) is 1. The van der Waals surface area contributed by atoms with E-state index in [4.69, 9.17) is 9.47 Å². The largest absolute Gasteiger partial charge is 0.491 e. The zero-order valence-electron chi connectivity index (χ0n) is 13.9. The van der Waals surface area contributed by atoms with Gasteiger partial charge in [-0.15, -0.1) is 0 Å². The summed E-state index contributed by atoms with van der Waals surface area (Å²) in [5.74, 6) is 0.651. The number of ether oxygens (including phenoxy) is 2. The number of rotatable bonds is 9. The Balaban J connectivity index is 1.88. The molecule has 0 aliphatic heterocycles. The first kappa shape index (κ1) is 18.3. The summed E-state index contributed by atoms with van der Waals surface area (Å²) < 4.78 is 11.0. The molecule has 0 heterocycles. The first-order valence-electron chi connectivity index (χ1n) is 7.99. The lowest BCUT2D eigenvalue weighted by atomic mass is 10.3. The summed E-state index contributed by atoms with van der Waals surface area (Å²) in [6.45, 7) is 2.45. The molecular formula is C18H20N2O5. The van der Waals surface area contributed by atoms with Crippen LogP contribution in [0.25, 0.3) is 0 Å². The maximum atomic E-state index is 12.0. The number of hydrogen-bond donors (Lipinski definition) is 1. The lowest BCUT2D eigenvalue weighted by molar-refractivity contribution is -0.384. The highest BCUT2D eigenvalue weighted by Crippen LogP contribution is 2.24. The molecule has 2 rings (SSSR count). The van der Waals surface area contributed by atoms with Crippen molar-refractivity contribution in [3.05, 3.63) is 58.6 Å². The van der Waals surface area contributed by atoms with Gasteiger partial charge in [-0.25, -0.2) is 0 Å². The van der Waals surface area contributed by atoms with Gasteiger partial charge in [0.1, 0.15) is 11.5 Å². The number of nitrogens with zero attached hydrogens (tertiary/aromatic N) is 1. The Labute approximate surface area is 145 Å². The molecule has 2 aromatic rings. The molecule has 7 heteroatoms. The van der Waals surface area contributed by atoms with E-state index in [0.29, 0.717) is 23.8 Å². The number of nitro groups is 1. The van der Waals surface area contributed by atoms with Crippen LogP contribution in [0.15, 0.2) is 48.5 Å². The fourth-order valence-electron chi connectivity index (χ4n) is 2.02. The van der Waals surface area contributed by atoms with Crippen molar-refractivity contribution in [3.63, 3.8) is 0 Å². The zero-order valence-corrected chi connectivity index (χ0v) is 13.9. The number of carbonyl (C=O) groups excluding carboxylic acids is 1. The molecule has 132 valence electrons. The Morgan fingerprint density at radius 1 is 1.12 bits per heavy atom. The molecule has 1 amide bonds. The molecule has 2 aromatic carbocycles. The number of carbonyl (C=O) groups is 1. The fourth-order valence-corrected chi connectivity index (χ4v) is 2.02. The lowest BCUT2D eigenvalue weighted by Gasteiger charge is -2.12. The van der Waals surface area contributed by atoms with E-state index in [0.717, 1.165) is 12.8 Å². The molecule has 0 unspecified atom stereocenters. The van der Waals surface area contributed by atoms with Gasteiger partial charge in [0.15, 0.2) is 6.61 Å². The SMILES string of the molecule is CCCCOc1ccccc1NC(=O)COc1ccc([N+](=O)[O-])cc1. The lowest BCUT2D eigenvalue weighted by Crippen LogP contribution is -2.20. The Kier molecular flexibility index (Phi) is 6.76. The fraction of sp³-hybridized carbons (Fsp3) is 0.278. The average Bonchev–Trinajstić information content (AvgIpc) is 2.62. The smallest absolute Gasteiger partial charge is 0.269 e. The summed E-state index contributed by atoms with van der Waals surface area (Å²) in [6, 6.07) is 12.7. The van der Waals surface area contributed by atoms with Gasteiger partial charge >= 0.3 is 0 Å². The third-order valence-electron chi connectivity index (χ3n) is 3.33. The second-order valence-corrected chi connectivity index (χ2v) is 5.29. The van der Waals surface area contributed by atoms with Gasteiger partial charge in [0, 0.05) is 12.1 Å². The molecule has 0 aromatic heterocycles. The topological polar surface area (TPSA) is 90.7 Å². The summed E-state index contributed by atoms with van der Waals surface area (Å²) in [7, 11) is 0. The van der Waals surface area contributed by atoms with Crippen LogP contribution in [0.5, 0.6) is 11.5 Å². The maximum absolute atomic E-state index is 12.0. The van der Waals surface area contributed by atoms with Crippen LogP contribution >= 0.6 is 0 Å². The van der Waals surface area contributed by atoms with E-state index in [-0.39, 0.29) is 18.2 Å². The number of unbranched alkanes of at least 4 members (excludes halogenated alkanes) is 1. The molecule has 0 spiro atoms. The predicted molar refractivity (Wildman–Crippen MR) is 94.1 cm³/mol. The van der Waals surface area contributed by atoms with Crippen molar-refractivity contribution < 1.29 is 19.2 Å². The minimum atomic E-state index is -0.494. The van der Waals surface area contributed by atoms with Gasteiger partial charge in [0.05, 0.1) is 17.2 Å². The molecule has 0 saturated heterocycles. The summed E-state index contributed by atoms with van der Waals surface area (Å²) in [5, 5.41) is 13.3. The number of hydrogen-bond acceptors (Lipinski definition) is 5. The maximum Gasteiger partial charge on any atom is 0.269 e. The van der Waals surface area contributed by atoms with Crippen molar-refractivity contribution in [1.29, 1.82) is 0 Å². The number of nitro benzene ring substituents is 1. The van der Waals surface area contributed by atoms with Crippen LogP contribution in [0, 0.1) is 10.1 Å². The van der Waals surface area contributed by atoms with Crippen LogP contribution in [0.1, 0.15) is 19.8 Å². The van der Waals surface area contributed by atoms with Crippen molar-refractivity contribution in [3.8, 4) is 11.5 Å². The van der Waals surface area contributed by atoms with E-state index >= 15 is 0 Å². The summed E-state index contributed by atoms with van der Waals surface area (Å²) in [6.07, 6.45) is 1.96. The van der Waals surface area contributed by atoms with Crippen LogP contribution < -0.4 is 14.8 Å². The van der Waals surface area contributed by atoms with E-state index in [1.807, 2.05) is 6.07 Å².